The summed E-state index contributed by atoms with van der Waals surface area (Å²) in [6.45, 7) is 6.38. The predicted octanol–water partition coefficient (Wildman–Crippen LogP) is 1.91. The van der Waals surface area contributed by atoms with Crippen molar-refractivity contribution in [3.63, 3.8) is 0 Å². The number of ether oxygens (including phenoxy) is 1. The number of morpholine rings is 1. The summed E-state index contributed by atoms with van der Waals surface area (Å²) >= 11 is 0. The average molecular weight is 339 g/mol. The molecule has 1 amide bonds. The van der Waals surface area contributed by atoms with E-state index < -0.39 is 0 Å². The molecule has 0 bridgehead atoms. The first-order valence-corrected chi connectivity index (χ1v) is 9.01. The van der Waals surface area contributed by atoms with E-state index in [1.54, 1.807) is 0 Å². The molecule has 4 heteroatoms. The molecule has 0 spiro atoms. The highest BCUT2D eigenvalue weighted by Gasteiger charge is 2.27. The van der Waals surface area contributed by atoms with Crippen LogP contribution < -0.4 is 10.2 Å². The number of carbonyl (C=O) groups is 1. The van der Waals surface area contributed by atoms with Crippen molar-refractivity contribution in [3.8, 4) is 0 Å². The van der Waals surface area contributed by atoms with Crippen molar-refractivity contribution in [2.45, 2.75) is 32.5 Å². The Hall–Kier alpha value is -2.17. The second-order valence-corrected chi connectivity index (χ2v) is 6.96. The zero-order valence-corrected chi connectivity index (χ0v) is 15.0. The van der Waals surface area contributed by atoms with Crippen LogP contribution in [0.2, 0.25) is 0 Å². The van der Waals surface area contributed by atoms with Crippen molar-refractivity contribution in [2.75, 3.05) is 25.0 Å². The monoisotopic (exact) mass is 339 g/mol. The van der Waals surface area contributed by atoms with E-state index in [4.69, 9.17) is 4.74 Å². The molecule has 0 aromatic heterocycles. The minimum atomic E-state index is 0.0665. The molecule has 132 valence electrons. The normalized spacial score (nSPS) is 23.2. The number of rotatable bonds is 5. The highest BCUT2D eigenvalue weighted by Crippen LogP contribution is 2.18. The Balaban J connectivity index is 1.63. The molecule has 1 fully saturated rings. The number of amides is 1. The standard InChI is InChI=1S/C21H26N2O2/c1-16-13-23(14-17(2)25-16)15-21(24)22-20-11-7-6-10-19(20)12-18-8-4-3-5-9-18/h3-11,16-17H,12-15H2,1-2H3,(H,22,24)/p+1/t16-,17-/m1/s1. The fraction of sp³-hybridized carbons (Fsp3) is 0.381. The maximum absolute atomic E-state index is 12.5. The Morgan fingerprint density at radius 2 is 1.68 bits per heavy atom. The van der Waals surface area contributed by atoms with E-state index in [0.29, 0.717) is 6.54 Å². The Bertz CT molecular complexity index is 692. The zero-order chi connectivity index (χ0) is 17.6. The number of para-hydroxylation sites is 1. The van der Waals surface area contributed by atoms with Crippen LogP contribution >= 0.6 is 0 Å². The zero-order valence-electron chi connectivity index (χ0n) is 15.0. The van der Waals surface area contributed by atoms with Crippen molar-refractivity contribution < 1.29 is 14.4 Å². The molecule has 0 aliphatic carbocycles. The van der Waals surface area contributed by atoms with Gasteiger partial charge in [-0.2, -0.15) is 0 Å². The van der Waals surface area contributed by atoms with Gasteiger partial charge >= 0.3 is 0 Å². The summed E-state index contributed by atoms with van der Waals surface area (Å²) in [4.78, 5) is 13.8. The molecule has 1 heterocycles. The highest BCUT2D eigenvalue weighted by molar-refractivity contribution is 5.92. The third-order valence-corrected chi connectivity index (χ3v) is 4.56. The van der Waals surface area contributed by atoms with Gasteiger partial charge in [0.25, 0.3) is 5.91 Å². The quantitative estimate of drug-likeness (QED) is 0.874. The maximum atomic E-state index is 12.5. The molecule has 0 saturated carbocycles. The number of hydrogen-bond donors (Lipinski definition) is 2. The molecule has 2 aromatic rings. The first kappa shape index (κ1) is 17.6. The van der Waals surface area contributed by atoms with Gasteiger partial charge < -0.3 is 15.0 Å². The SMILES string of the molecule is C[C@@H]1C[NH+](CC(=O)Nc2ccccc2Cc2ccccc2)C[C@@H](C)O1. The van der Waals surface area contributed by atoms with Gasteiger partial charge in [0.2, 0.25) is 0 Å². The summed E-state index contributed by atoms with van der Waals surface area (Å²) in [7, 11) is 0. The van der Waals surface area contributed by atoms with Crippen LogP contribution in [0.3, 0.4) is 0 Å². The third kappa shape index (κ3) is 5.15. The number of carbonyl (C=O) groups excluding carboxylic acids is 1. The lowest BCUT2D eigenvalue weighted by Gasteiger charge is -2.32. The molecule has 0 radical (unpaired) electrons. The number of hydrogen-bond acceptors (Lipinski definition) is 2. The van der Waals surface area contributed by atoms with E-state index in [1.165, 1.54) is 10.5 Å². The molecule has 2 N–H and O–H groups in total. The van der Waals surface area contributed by atoms with E-state index in [1.807, 2.05) is 36.4 Å². The molecule has 4 nitrogen and oxygen atoms in total. The molecule has 1 aliphatic rings. The summed E-state index contributed by atoms with van der Waals surface area (Å²) < 4.78 is 5.75. The lowest BCUT2D eigenvalue weighted by atomic mass is 10.0. The molecule has 0 unspecified atom stereocenters. The van der Waals surface area contributed by atoms with Crippen LogP contribution in [-0.2, 0) is 16.0 Å². The van der Waals surface area contributed by atoms with Crippen LogP contribution in [0.4, 0.5) is 5.69 Å². The fourth-order valence-electron chi connectivity index (χ4n) is 3.57. The molecule has 25 heavy (non-hydrogen) atoms. The van der Waals surface area contributed by atoms with Crippen molar-refractivity contribution >= 4 is 11.6 Å². The predicted molar refractivity (Wildman–Crippen MR) is 99.9 cm³/mol. The van der Waals surface area contributed by atoms with Crippen LogP contribution in [0.15, 0.2) is 54.6 Å². The van der Waals surface area contributed by atoms with Crippen molar-refractivity contribution in [1.29, 1.82) is 0 Å². The van der Waals surface area contributed by atoms with E-state index in [9.17, 15) is 4.79 Å². The maximum Gasteiger partial charge on any atom is 0.279 e. The Labute approximate surface area is 149 Å². The Morgan fingerprint density at radius 1 is 1.04 bits per heavy atom. The van der Waals surface area contributed by atoms with Crippen molar-refractivity contribution in [3.05, 3.63) is 65.7 Å². The molecular weight excluding hydrogens is 312 g/mol. The number of anilines is 1. The van der Waals surface area contributed by atoms with Crippen LogP contribution in [0.5, 0.6) is 0 Å². The van der Waals surface area contributed by atoms with Gasteiger partial charge in [-0.05, 0) is 37.5 Å². The van der Waals surface area contributed by atoms with Gasteiger partial charge in [0.1, 0.15) is 25.3 Å². The molecule has 1 aliphatic heterocycles. The van der Waals surface area contributed by atoms with Gasteiger partial charge in [0, 0.05) is 5.69 Å². The molecule has 2 atom stereocenters. The van der Waals surface area contributed by atoms with E-state index in [0.717, 1.165) is 30.8 Å². The topological polar surface area (TPSA) is 42.8 Å². The fourth-order valence-corrected chi connectivity index (χ4v) is 3.57. The lowest BCUT2D eigenvalue weighted by Crippen LogP contribution is -3.16. The summed E-state index contributed by atoms with van der Waals surface area (Å²) in [5.74, 6) is 0.0665. The first-order chi connectivity index (χ1) is 12.1. The van der Waals surface area contributed by atoms with Gasteiger partial charge in [-0.15, -0.1) is 0 Å². The Morgan fingerprint density at radius 3 is 2.40 bits per heavy atom. The molecule has 2 aromatic carbocycles. The van der Waals surface area contributed by atoms with E-state index in [-0.39, 0.29) is 18.1 Å². The van der Waals surface area contributed by atoms with Gasteiger partial charge in [0.15, 0.2) is 6.54 Å². The van der Waals surface area contributed by atoms with Crippen LogP contribution in [0.1, 0.15) is 25.0 Å². The molecule has 1 saturated heterocycles. The number of benzene rings is 2. The van der Waals surface area contributed by atoms with Crippen LogP contribution in [0, 0.1) is 0 Å². The summed E-state index contributed by atoms with van der Waals surface area (Å²) in [5.41, 5.74) is 3.29. The third-order valence-electron chi connectivity index (χ3n) is 4.56. The van der Waals surface area contributed by atoms with Gasteiger partial charge in [-0.25, -0.2) is 0 Å². The summed E-state index contributed by atoms with van der Waals surface area (Å²) in [6.07, 6.45) is 1.23. The minimum absolute atomic E-state index is 0.0665. The van der Waals surface area contributed by atoms with Crippen molar-refractivity contribution in [2.24, 2.45) is 0 Å². The lowest BCUT2D eigenvalue weighted by molar-refractivity contribution is -0.907. The van der Waals surface area contributed by atoms with Crippen LogP contribution in [-0.4, -0.2) is 37.7 Å². The van der Waals surface area contributed by atoms with E-state index >= 15 is 0 Å². The Kier molecular flexibility index (Phi) is 5.84. The average Bonchev–Trinajstić information content (AvgIpc) is 2.56. The minimum Gasteiger partial charge on any atom is -0.364 e. The molecular formula is C21H27N2O2+. The smallest absolute Gasteiger partial charge is 0.279 e. The largest absolute Gasteiger partial charge is 0.364 e. The molecule has 3 rings (SSSR count). The number of nitrogens with one attached hydrogen (secondary N) is 2. The summed E-state index contributed by atoms with van der Waals surface area (Å²) in [6, 6.07) is 18.4. The summed E-state index contributed by atoms with van der Waals surface area (Å²) in [5, 5.41) is 3.11. The van der Waals surface area contributed by atoms with Gasteiger partial charge in [-0.1, -0.05) is 48.5 Å². The van der Waals surface area contributed by atoms with Gasteiger partial charge in [-0.3, -0.25) is 4.79 Å². The van der Waals surface area contributed by atoms with Crippen molar-refractivity contribution in [1.82, 2.24) is 0 Å². The van der Waals surface area contributed by atoms with Gasteiger partial charge in [0.05, 0.1) is 0 Å². The van der Waals surface area contributed by atoms with Crippen LogP contribution in [0.25, 0.3) is 0 Å². The van der Waals surface area contributed by atoms with E-state index in [2.05, 4.69) is 37.4 Å². The second kappa shape index (κ2) is 8.28. The number of quaternary nitrogens is 1. The first-order valence-electron chi connectivity index (χ1n) is 9.01. The highest BCUT2D eigenvalue weighted by atomic mass is 16.5. The second-order valence-electron chi connectivity index (χ2n) is 6.96.